The fourth-order valence-corrected chi connectivity index (χ4v) is 3.15. The molecule has 0 saturated carbocycles. The standard InChI is InChI=1S/C20H21N7O/c1-15-4-2-5-16(12-15)25-19(28)17-13-18(24-14-23-17)26-8-10-27(11-9-26)20-21-6-3-7-22-20/h2-7,12-14H,8-11H2,1H3,(H,25,28). The number of piperazine rings is 1. The van der Waals surface area contributed by atoms with E-state index in [9.17, 15) is 4.79 Å². The van der Waals surface area contributed by atoms with Crippen molar-refractivity contribution in [2.75, 3.05) is 41.3 Å². The highest BCUT2D eigenvalue weighted by atomic mass is 16.1. The number of rotatable bonds is 4. The first kappa shape index (κ1) is 17.8. The van der Waals surface area contributed by atoms with E-state index in [0.29, 0.717) is 5.69 Å². The molecule has 1 aliphatic heterocycles. The maximum Gasteiger partial charge on any atom is 0.274 e. The van der Waals surface area contributed by atoms with Gasteiger partial charge in [0.2, 0.25) is 5.95 Å². The fourth-order valence-electron chi connectivity index (χ4n) is 3.15. The summed E-state index contributed by atoms with van der Waals surface area (Å²) in [5.74, 6) is 1.24. The second-order valence-corrected chi connectivity index (χ2v) is 6.61. The number of carbonyl (C=O) groups excluding carboxylic acids is 1. The van der Waals surface area contributed by atoms with E-state index >= 15 is 0 Å². The lowest BCUT2D eigenvalue weighted by Gasteiger charge is -2.35. The molecule has 1 aromatic carbocycles. The van der Waals surface area contributed by atoms with Gasteiger partial charge in [0.15, 0.2) is 0 Å². The Morgan fingerprint density at radius 3 is 2.43 bits per heavy atom. The van der Waals surface area contributed by atoms with Crippen LogP contribution in [0.25, 0.3) is 0 Å². The predicted octanol–water partition coefficient (Wildman–Crippen LogP) is 2.15. The van der Waals surface area contributed by atoms with Crippen molar-refractivity contribution >= 4 is 23.4 Å². The third kappa shape index (κ3) is 4.06. The Kier molecular flexibility index (Phi) is 5.09. The van der Waals surface area contributed by atoms with E-state index in [1.807, 2.05) is 37.3 Å². The first-order valence-corrected chi connectivity index (χ1v) is 9.16. The number of nitrogens with one attached hydrogen (secondary N) is 1. The summed E-state index contributed by atoms with van der Waals surface area (Å²) < 4.78 is 0. The Labute approximate surface area is 163 Å². The molecule has 2 aromatic heterocycles. The number of anilines is 3. The normalized spacial score (nSPS) is 14.0. The van der Waals surface area contributed by atoms with Crippen LogP contribution in [0.15, 0.2) is 55.1 Å². The van der Waals surface area contributed by atoms with Gasteiger partial charge in [0.1, 0.15) is 17.8 Å². The number of aryl methyl sites for hydroxylation is 1. The van der Waals surface area contributed by atoms with Crippen LogP contribution >= 0.6 is 0 Å². The van der Waals surface area contributed by atoms with Gasteiger partial charge in [0.25, 0.3) is 5.91 Å². The van der Waals surface area contributed by atoms with E-state index in [2.05, 4.69) is 35.1 Å². The van der Waals surface area contributed by atoms with Crippen LogP contribution in [-0.2, 0) is 0 Å². The lowest BCUT2D eigenvalue weighted by atomic mass is 10.2. The number of nitrogens with zero attached hydrogens (tertiary/aromatic N) is 6. The van der Waals surface area contributed by atoms with Crippen molar-refractivity contribution in [2.45, 2.75) is 6.92 Å². The fraction of sp³-hybridized carbons (Fsp3) is 0.250. The zero-order valence-corrected chi connectivity index (χ0v) is 15.6. The Morgan fingerprint density at radius 1 is 0.929 bits per heavy atom. The summed E-state index contributed by atoms with van der Waals surface area (Å²) >= 11 is 0. The molecule has 0 atom stereocenters. The third-order valence-electron chi connectivity index (χ3n) is 4.60. The molecule has 1 saturated heterocycles. The van der Waals surface area contributed by atoms with E-state index in [4.69, 9.17) is 0 Å². The highest BCUT2D eigenvalue weighted by molar-refractivity contribution is 6.03. The largest absolute Gasteiger partial charge is 0.353 e. The molecule has 1 aliphatic rings. The minimum atomic E-state index is -0.245. The Morgan fingerprint density at radius 2 is 1.68 bits per heavy atom. The van der Waals surface area contributed by atoms with E-state index in [1.54, 1.807) is 18.5 Å². The molecule has 3 aromatic rings. The van der Waals surface area contributed by atoms with Crippen LogP contribution in [-0.4, -0.2) is 52.0 Å². The highest BCUT2D eigenvalue weighted by Crippen LogP contribution is 2.17. The van der Waals surface area contributed by atoms with Gasteiger partial charge in [-0.2, -0.15) is 0 Å². The smallest absolute Gasteiger partial charge is 0.274 e. The second-order valence-electron chi connectivity index (χ2n) is 6.61. The Hall–Kier alpha value is -3.55. The average Bonchev–Trinajstić information content (AvgIpc) is 2.75. The van der Waals surface area contributed by atoms with Gasteiger partial charge < -0.3 is 15.1 Å². The van der Waals surface area contributed by atoms with Gasteiger partial charge in [-0.25, -0.2) is 19.9 Å². The lowest BCUT2D eigenvalue weighted by molar-refractivity contribution is 0.102. The maximum absolute atomic E-state index is 12.6. The number of amides is 1. The van der Waals surface area contributed by atoms with Crippen molar-refractivity contribution < 1.29 is 4.79 Å². The van der Waals surface area contributed by atoms with Crippen LogP contribution in [0.2, 0.25) is 0 Å². The maximum atomic E-state index is 12.6. The Balaban J connectivity index is 1.42. The molecule has 8 heteroatoms. The number of hydrogen-bond acceptors (Lipinski definition) is 7. The number of hydrogen-bond donors (Lipinski definition) is 1. The molecule has 0 spiro atoms. The minimum Gasteiger partial charge on any atom is -0.353 e. The summed E-state index contributed by atoms with van der Waals surface area (Å²) in [5.41, 5.74) is 2.18. The van der Waals surface area contributed by atoms with E-state index in [-0.39, 0.29) is 5.91 Å². The van der Waals surface area contributed by atoms with E-state index < -0.39 is 0 Å². The first-order valence-electron chi connectivity index (χ1n) is 9.16. The molecule has 0 radical (unpaired) electrons. The summed E-state index contributed by atoms with van der Waals surface area (Å²) in [6, 6.07) is 11.2. The topological polar surface area (TPSA) is 87.1 Å². The molecule has 1 fully saturated rings. The number of aromatic nitrogens is 4. The third-order valence-corrected chi connectivity index (χ3v) is 4.60. The van der Waals surface area contributed by atoms with Gasteiger partial charge >= 0.3 is 0 Å². The van der Waals surface area contributed by atoms with Crippen molar-refractivity contribution in [3.63, 3.8) is 0 Å². The van der Waals surface area contributed by atoms with Gasteiger partial charge in [-0.3, -0.25) is 4.79 Å². The quantitative estimate of drug-likeness (QED) is 0.748. The van der Waals surface area contributed by atoms with Crippen LogP contribution in [0, 0.1) is 6.92 Å². The van der Waals surface area contributed by atoms with E-state index in [0.717, 1.165) is 49.2 Å². The molecule has 0 bridgehead atoms. The SMILES string of the molecule is Cc1cccc(NC(=O)c2cc(N3CCN(c4ncccn4)CC3)ncn2)c1. The molecule has 8 nitrogen and oxygen atoms in total. The summed E-state index contributed by atoms with van der Waals surface area (Å²) in [6.45, 7) is 5.11. The zero-order chi connectivity index (χ0) is 19.3. The van der Waals surface area contributed by atoms with Crippen molar-refractivity contribution in [1.29, 1.82) is 0 Å². The molecular formula is C20H21N7O. The summed E-state index contributed by atoms with van der Waals surface area (Å²) in [4.78, 5) is 33.9. The van der Waals surface area contributed by atoms with E-state index in [1.165, 1.54) is 6.33 Å². The van der Waals surface area contributed by atoms with Gasteiger partial charge in [-0.05, 0) is 30.7 Å². The van der Waals surface area contributed by atoms with Crippen LogP contribution < -0.4 is 15.1 Å². The molecule has 1 N–H and O–H groups in total. The summed E-state index contributed by atoms with van der Waals surface area (Å²) in [7, 11) is 0. The Bertz CT molecular complexity index is 956. The van der Waals surface area contributed by atoms with Crippen molar-refractivity contribution in [3.05, 3.63) is 66.4 Å². The first-order chi connectivity index (χ1) is 13.7. The molecule has 3 heterocycles. The van der Waals surface area contributed by atoms with Gasteiger partial charge in [0, 0.05) is 50.3 Å². The number of benzene rings is 1. The van der Waals surface area contributed by atoms with Gasteiger partial charge in [-0.1, -0.05) is 12.1 Å². The summed E-state index contributed by atoms with van der Waals surface area (Å²) in [6.07, 6.45) is 4.93. The van der Waals surface area contributed by atoms with Crippen LogP contribution in [0.1, 0.15) is 16.1 Å². The van der Waals surface area contributed by atoms with Crippen LogP contribution in [0.4, 0.5) is 17.5 Å². The zero-order valence-electron chi connectivity index (χ0n) is 15.6. The van der Waals surface area contributed by atoms with Gasteiger partial charge in [-0.15, -0.1) is 0 Å². The molecule has 142 valence electrons. The van der Waals surface area contributed by atoms with Crippen molar-refractivity contribution in [2.24, 2.45) is 0 Å². The lowest BCUT2D eigenvalue weighted by Crippen LogP contribution is -2.47. The second kappa shape index (κ2) is 7.99. The van der Waals surface area contributed by atoms with Crippen molar-refractivity contribution in [3.8, 4) is 0 Å². The van der Waals surface area contributed by atoms with Gasteiger partial charge in [0.05, 0.1) is 0 Å². The summed E-state index contributed by atoms with van der Waals surface area (Å²) in [5, 5.41) is 2.89. The highest BCUT2D eigenvalue weighted by Gasteiger charge is 2.21. The molecule has 0 unspecified atom stereocenters. The molecular weight excluding hydrogens is 354 g/mol. The van der Waals surface area contributed by atoms with Crippen LogP contribution in [0.5, 0.6) is 0 Å². The predicted molar refractivity (Wildman–Crippen MR) is 108 cm³/mol. The number of carbonyl (C=O) groups is 1. The molecule has 1 amide bonds. The molecule has 0 aliphatic carbocycles. The average molecular weight is 375 g/mol. The minimum absolute atomic E-state index is 0.245. The van der Waals surface area contributed by atoms with Crippen molar-refractivity contribution in [1.82, 2.24) is 19.9 Å². The van der Waals surface area contributed by atoms with Crippen LogP contribution in [0.3, 0.4) is 0 Å². The monoisotopic (exact) mass is 375 g/mol. The molecule has 4 rings (SSSR count). The molecule has 28 heavy (non-hydrogen) atoms.